The van der Waals surface area contributed by atoms with Gasteiger partial charge in [0.15, 0.2) is 9.84 Å². The molecule has 5 nitrogen and oxygen atoms in total. The minimum Gasteiger partial charge on any atom is -0.493 e. The molecule has 0 aliphatic rings. The van der Waals surface area contributed by atoms with E-state index in [1.54, 1.807) is 0 Å². The van der Waals surface area contributed by atoms with Gasteiger partial charge in [-0.05, 0) is 42.8 Å². The van der Waals surface area contributed by atoms with Gasteiger partial charge in [-0.15, -0.1) is 0 Å². The van der Waals surface area contributed by atoms with Crippen molar-refractivity contribution in [3.05, 3.63) is 59.2 Å². The van der Waals surface area contributed by atoms with Crippen LogP contribution in [0.25, 0.3) is 0 Å². The van der Waals surface area contributed by atoms with Gasteiger partial charge in [0.2, 0.25) is 0 Å². The third-order valence-electron chi connectivity index (χ3n) is 4.32. The standard InChI is InChI=1S/C20H19F6NO4S/c1-27(7-4-8-31-16-5-3-6-17(12-16)32(2,29)30)18(28)13-9-14(19(21,22)23)11-15(10-13)20(24,25)26/h3,5-6,9-12H,4,7-8H2,1-2H3. The molecular weight excluding hydrogens is 464 g/mol. The highest BCUT2D eigenvalue weighted by molar-refractivity contribution is 7.90. The lowest BCUT2D eigenvalue weighted by Crippen LogP contribution is -2.29. The van der Waals surface area contributed by atoms with E-state index in [-0.39, 0.29) is 36.3 Å². The predicted octanol–water partition coefficient (Wildman–Crippen LogP) is 4.67. The zero-order valence-corrected chi connectivity index (χ0v) is 17.7. The van der Waals surface area contributed by atoms with Gasteiger partial charge in [0.25, 0.3) is 5.91 Å². The van der Waals surface area contributed by atoms with E-state index in [0.717, 1.165) is 11.2 Å². The van der Waals surface area contributed by atoms with Gasteiger partial charge in [-0.25, -0.2) is 8.42 Å². The summed E-state index contributed by atoms with van der Waals surface area (Å²) in [5.74, 6) is -0.754. The molecule has 176 valence electrons. The SMILES string of the molecule is CN(CCCOc1cccc(S(C)(=O)=O)c1)C(=O)c1cc(C(F)(F)F)cc(C(F)(F)F)c1. The van der Waals surface area contributed by atoms with Gasteiger partial charge in [0.05, 0.1) is 22.6 Å². The van der Waals surface area contributed by atoms with Gasteiger partial charge in [-0.1, -0.05) is 6.07 Å². The van der Waals surface area contributed by atoms with E-state index in [9.17, 15) is 39.6 Å². The monoisotopic (exact) mass is 483 g/mol. The second-order valence-electron chi connectivity index (χ2n) is 6.97. The van der Waals surface area contributed by atoms with Crippen molar-refractivity contribution < 1.29 is 44.3 Å². The fourth-order valence-electron chi connectivity index (χ4n) is 2.69. The fourth-order valence-corrected chi connectivity index (χ4v) is 3.34. The van der Waals surface area contributed by atoms with Crippen LogP contribution in [0.5, 0.6) is 5.75 Å². The first kappa shape index (κ1) is 25.5. The molecule has 0 spiro atoms. The second kappa shape index (κ2) is 9.39. The highest BCUT2D eigenvalue weighted by Gasteiger charge is 2.37. The predicted molar refractivity (Wildman–Crippen MR) is 103 cm³/mol. The third-order valence-corrected chi connectivity index (χ3v) is 5.43. The smallest absolute Gasteiger partial charge is 0.416 e. The first-order valence-corrected chi connectivity index (χ1v) is 11.0. The van der Waals surface area contributed by atoms with Gasteiger partial charge in [0.1, 0.15) is 5.75 Å². The van der Waals surface area contributed by atoms with Crippen LogP contribution in [0.15, 0.2) is 47.4 Å². The Morgan fingerprint density at radius 1 is 0.969 bits per heavy atom. The van der Waals surface area contributed by atoms with Crippen molar-refractivity contribution in [1.82, 2.24) is 4.90 Å². The van der Waals surface area contributed by atoms with Crippen LogP contribution < -0.4 is 4.74 Å². The van der Waals surface area contributed by atoms with E-state index in [1.165, 1.54) is 31.3 Å². The summed E-state index contributed by atoms with van der Waals surface area (Å²) in [7, 11) is -2.20. The van der Waals surface area contributed by atoms with Crippen molar-refractivity contribution in [2.45, 2.75) is 23.7 Å². The Morgan fingerprint density at radius 2 is 1.53 bits per heavy atom. The molecule has 0 fully saturated rings. The van der Waals surface area contributed by atoms with E-state index in [1.807, 2.05) is 0 Å². The number of carbonyl (C=O) groups is 1. The second-order valence-corrected chi connectivity index (χ2v) is 8.99. The molecule has 0 atom stereocenters. The molecule has 0 radical (unpaired) electrons. The van der Waals surface area contributed by atoms with Gasteiger partial charge in [0, 0.05) is 25.4 Å². The van der Waals surface area contributed by atoms with Crippen molar-refractivity contribution in [2.24, 2.45) is 0 Å². The number of nitrogens with zero attached hydrogens (tertiary/aromatic N) is 1. The maximum atomic E-state index is 13.0. The summed E-state index contributed by atoms with van der Waals surface area (Å²) < 4.78 is 106. The highest BCUT2D eigenvalue weighted by Crippen LogP contribution is 2.36. The summed E-state index contributed by atoms with van der Waals surface area (Å²) in [5.41, 5.74) is -3.88. The maximum absolute atomic E-state index is 13.0. The average Bonchev–Trinajstić information content (AvgIpc) is 2.68. The number of carbonyl (C=O) groups excluding carboxylic acids is 1. The quantitative estimate of drug-likeness (QED) is 0.424. The van der Waals surface area contributed by atoms with E-state index < -0.39 is 44.8 Å². The number of amides is 1. The summed E-state index contributed by atoms with van der Waals surface area (Å²) in [6, 6.07) is 6.40. The lowest BCUT2D eigenvalue weighted by Gasteiger charge is -2.19. The zero-order valence-electron chi connectivity index (χ0n) is 16.9. The van der Waals surface area contributed by atoms with Crippen molar-refractivity contribution in [3.63, 3.8) is 0 Å². The number of alkyl halides is 6. The van der Waals surface area contributed by atoms with Crippen LogP contribution >= 0.6 is 0 Å². The molecule has 0 unspecified atom stereocenters. The molecule has 0 aliphatic carbocycles. The fraction of sp³-hybridized carbons (Fsp3) is 0.350. The Hall–Kier alpha value is -2.76. The first-order chi connectivity index (χ1) is 14.6. The van der Waals surface area contributed by atoms with Crippen molar-refractivity contribution in [2.75, 3.05) is 26.5 Å². The Labute approximate surface area is 180 Å². The van der Waals surface area contributed by atoms with Crippen molar-refractivity contribution >= 4 is 15.7 Å². The van der Waals surface area contributed by atoms with Crippen LogP contribution in [0.2, 0.25) is 0 Å². The van der Waals surface area contributed by atoms with Gasteiger partial charge in [-0.3, -0.25) is 4.79 Å². The molecule has 0 heterocycles. The largest absolute Gasteiger partial charge is 0.493 e. The van der Waals surface area contributed by atoms with E-state index in [2.05, 4.69) is 0 Å². The number of sulfone groups is 1. The molecule has 2 aromatic carbocycles. The summed E-state index contributed by atoms with van der Waals surface area (Å²) in [5, 5.41) is 0. The summed E-state index contributed by atoms with van der Waals surface area (Å²) >= 11 is 0. The highest BCUT2D eigenvalue weighted by atomic mass is 32.2. The number of ether oxygens (including phenoxy) is 1. The Bertz CT molecular complexity index is 1050. The maximum Gasteiger partial charge on any atom is 0.416 e. The van der Waals surface area contributed by atoms with Crippen LogP contribution in [0.3, 0.4) is 0 Å². The summed E-state index contributed by atoms with van der Waals surface area (Å²) in [6.45, 7) is 0.00340. The third kappa shape index (κ3) is 6.87. The van der Waals surface area contributed by atoms with Crippen LogP contribution in [0.4, 0.5) is 26.3 Å². The molecular formula is C20H19F6NO4S. The van der Waals surface area contributed by atoms with Gasteiger partial charge in [-0.2, -0.15) is 26.3 Å². The minimum absolute atomic E-state index is 0.0256. The minimum atomic E-state index is -5.05. The number of rotatable bonds is 7. The van der Waals surface area contributed by atoms with Gasteiger partial charge >= 0.3 is 12.4 Å². The number of hydrogen-bond acceptors (Lipinski definition) is 4. The summed E-state index contributed by atoms with van der Waals surface area (Å²) in [6.07, 6.45) is -8.88. The van der Waals surface area contributed by atoms with E-state index in [0.29, 0.717) is 12.1 Å². The Balaban J connectivity index is 2.05. The normalized spacial score (nSPS) is 12.5. The molecule has 2 rings (SSSR count). The van der Waals surface area contributed by atoms with Crippen LogP contribution in [0, 0.1) is 0 Å². The Morgan fingerprint density at radius 3 is 2.03 bits per heavy atom. The van der Waals surface area contributed by atoms with Crippen LogP contribution in [-0.2, 0) is 22.2 Å². The molecule has 0 saturated carbocycles. The van der Waals surface area contributed by atoms with Crippen molar-refractivity contribution in [1.29, 1.82) is 0 Å². The topological polar surface area (TPSA) is 63.7 Å². The Kier molecular flexibility index (Phi) is 7.48. The van der Waals surface area contributed by atoms with Crippen LogP contribution in [-0.4, -0.2) is 45.7 Å². The molecule has 12 heteroatoms. The number of halogens is 6. The molecule has 2 aromatic rings. The molecule has 0 aliphatic heterocycles. The number of benzene rings is 2. The average molecular weight is 483 g/mol. The molecule has 1 amide bonds. The molecule has 32 heavy (non-hydrogen) atoms. The van der Waals surface area contributed by atoms with Crippen LogP contribution in [0.1, 0.15) is 27.9 Å². The zero-order chi connectivity index (χ0) is 24.3. The summed E-state index contributed by atoms with van der Waals surface area (Å²) in [4.78, 5) is 13.4. The van der Waals surface area contributed by atoms with Crippen molar-refractivity contribution in [3.8, 4) is 5.75 Å². The number of hydrogen-bond donors (Lipinski definition) is 0. The lowest BCUT2D eigenvalue weighted by molar-refractivity contribution is -0.143. The molecule has 0 N–H and O–H groups in total. The van der Waals surface area contributed by atoms with Gasteiger partial charge < -0.3 is 9.64 Å². The van der Waals surface area contributed by atoms with E-state index in [4.69, 9.17) is 4.74 Å². The molecule has 0 aromatic heterocycles. The van der Waals surface area contributed by atoms with E-state index >= 15 is 0 Å². The molecule has 0 saturated heterocycles. The molecule has 0 bridgehead atoms. The first-order valence-electron chi connectivity index (χ1n) is 9.07. The lowest BCUT2D eigenvalue weighted by atomic mass is 10.0.